The van der Waals surface area contributed by atoms with Gasteiger partial charge < -0.3 is 9.47 Å². The van der Waals surface area contributed by atoms with Gasteiger partial charge in [-0.25, -0.2) is 0 Å². The molecule has 1 aromatic rings. The fraction of sp³-hybridized carbons (Fsp3) is 0.533. The van der Waals surface area contributed by atoms with E-state index >= 15 is 0 Å². The van der Waals surface area contributed by atoms with Crippen molar-refractivity contribution in [3.8, 4) is 17.6 Å². The molecule has 102 valence electrons. The number of ether oxygens (including phenoxy) is 2. The maximum atomic E-state index is 9.06. The van der Waals surface area contributed by atoms with Gasteiger partial charge in [0.2, 0.25) is 0 Å². The maximum Gasteiger partial charge on any atom is 0.160 e. The molecular weight excluding hydrogens is 240 g/mol. The summed E-state index contributed by atoms with van der Waals surface area (Å²) in [7, 11) is 3.28. The third-order valence-electron chi connectivity index (χ3n) is 3.65. The predicted molar refractivity (Wildman–Crippen MR) is 73.5 cm³/mol. The smallest absolute Gasteiger partial charge is 0.160 e. The zero-order chi connectivity index (χ0) is 13.7. The Morgan fingerprint density at radius 3 is 2.79 bits per heavy atom. The minimum absolute atomic E-state index is 0.0974. The maximum absolute atomic E-state index is 9.06. The number of nitriles is 1. The number of hydrogen-bond donors (Lipinski definition) is 0. The Kier molecular flexibility index (Phi) is 4.64. The molecule has 0 N–H and O–H groups in total. The van der Waals surface area contributed by atoms with Crippen molar-refractivity contribution in [3.63, 3.8) is 0 Å². The monoisotopic (exact) mass is 260 g/mol. The van der Waals surface area contributed by atoms with Crippen LogP contribution >= 0.6 is 0 Å². The largest absolute Gasteiger partial charge is 0.493 e. The Labute approximate surface area is 114 Å². The molecule has 1 unspecified atom stereocenters. The van der Waals surface area contributed by atoms with Crippen molar-refractivity contribution in [1.82, 2.24) is 4.90 Å². The molecule has 19 heavy (non-hydrogen) atoms. The quantitative estimate of drug-likeness (QED) is 0.814. The molecule has 0 saturated carbocycles. The van der Waals surface area contributed by atoms with Gasteiger partial charge in [0.1, 0.15) is 0 Å². The molecule has 1 atom stereocenters. The van der Waals surface area contributed by atoms with Crippen LogP contribution < -0.4 is 9.47 Å². The molecule has 1 saturated heterocycles. The summed E-state index contributed by atoms with van der Waals surface area (Å²) in [6, 6.07) is 8.46. The van der Waals surface area contributed by atoms with Crippen molar-refractivity contribution in [2.75, 3.05) is 27.3 Å². The average molecular weight is 260 g/mol. The molecule has 1 aromatic carbocycles. The third-order valence-corrected chi connectivity index (χ3v) is 3.65. The number of likely N-dealkylation sites (tertiary alicyclic amines) is 1. The fourth-order valence-corrected chi connectivity index (χ4v) is 2.55. The molecule has 0 aliphatic carbocycles. The molecule has 1 fully saturated rings. The molecule has 1 heterocycles. The summed E-state index contributed by atoms with van der Waals surface area (Å²) >= 11 is 0. The summed E-state index contributed by atoms with van der Waals surface area (Å²) in [5.41, 5.74) is 1.21. The van der Waals surface area contributed by atoms with E-state index in [2.05, 4.69) is 17.0 Å². The first-order valence-electron chi connectivity index (χ1n) is 6.63. The zero-order valence-corrected chi connectivity index (χ0v) is 11.6. The predicted octanol–water partition coefficient (Wildman–Crippen LogP) is 2.23. The van der Waals surface area contributed by atoms with Crippen molar-refractivity contribution in [2.45, 2.75) is 25.3 Å². The van der Waals surface area contributed by atoms with E-state index in [4.69, 9.17) is 14.7 Å². The van der Waals surface area contributed by atoms with Crippen LogP contribution in [0.1, 0.15) is 18.4 Å². The summed E-state index contributed by atoms with van der Waals surface area (Å²) in [6.45, 7) is 1.96. The molecule has 1 aliphatic heterocycles. The lowest BCUT2D eigenvalue weighted by atomic mass is 10.1. The first kappa shape index (κ1) is 13.7. The van der Waals surface area contributed by atoms with Crippen molar-refractivity contribution < 1.29 is 9.47 Å². The molecule has 0 spiro atoms. The first-order chi connectivity index (χ1) is 9.28. The molecule has 0 bridgehead atoms. The Morgan fingerprint density at radius 1 is 1.32 bits per heavy atom. The molecule has 4 heteroatoms. The van der Waals surface area contributed by atoms with Gasteiger partial charge in [-0.1, -0.05) is 6.07 Å². The van der Waals surface area contributed by atoms with Crippen LogP contribution in [-0.2, 0) is 6.42 Å². The zero-order valence-electron chi connectivity index (χ0n) is 11.6. The lowest BCUT2D eigenvalue weighted by molar-refractivity contribution is 0.298. The van der Waals surface area contributed by atoms with Crippen molar-refractivity contribution >= 4 is 0 Å². The number of methoxy groups -OCH3 is 2. The molecule has 4 nitrogen and oxygen atoms in total. The SMILES string of the molecule is COc1ccc(CCN2CCCC2C#N)cc1OC. The van der Waals surface area contributed by atoms with Crippen LogP contribution in [0.2, 0.25) is 0 Å². The minimum atomic E-state index is 0.0974. The normalized spacial score (nSPS) is 19.1. The van der Waals surface area contributed by atoms with E-state index in [1.54, 1.807) is 14.2 Å². The molecule has 1 aliphatic rings. The van der Waals surface area contributed by atoms with Crippen molar-refractivity contribution in [1.29, 1.82) is 5.26 Å². The van der Waals surface area contributed by atoms with Crippen LogP contribution in [0.4, 0.5) is 0 Å². The second kappa shape index (κ2) is 6.44. The van der Waals surface area contributed by atoms with Crippen molar-refractivity contribution in [3.05, 3.63) is 23.8 Å². The molecular formula is C15H20N2O2. The highest BCUT2D eigenvalue weighted by Crippen LogP contribution is 2.28. The van der Waals surface area contributed by atoms with Gasteiger partial charge in [-0.2, -0.15) is 5.26 Å². The Balaban J connectivity index is 1.98. The molecule has 0 amide bonds. The van der Waals surface area contributed by atoms with Gasteiger partial charge in [-0.3, -0.25) is 4.90 Å². The Hall–Kier alpha value is -1.73. The lowest BCUT2D eigenvalue weighted by Gasteiger charge is -2.19. The lowest BCUT2D eigenvalue weighted by Crippen LogP contribution is -2.30. The average Bonchev–Trinajstić information content (AvgIpc) is 2.92. The number of hydrogen-bond acceptors (Lipinski definition) is 4. The van der Waals surface area contributed by atoms with Crippen molar-refractivity contribution in [2.24, 2.45) is 0 Å². The summed E-state index contributed by atoms with van der Waals surface area (Å²) in [5, 5.41) is 9.06. The van der Waals surface area contributed by atoms with E-state index in [0.717, 1.165) is 43.9 Å². The van der Waals surface area contributed by atoms with Crippen LogP contribution in [-0.4, -0.2) is 38.3 Å². The van der Waals surface area contributed by atoms with Crippen LogP contribution in [0, 0.1) is 11.3 Å². The second-order valence-electron chi connectivity index (χ2n) is 4.76. The van der Waals surface area contributed by atoms with Crippen LogP contribution in [0.25, 0.3) is 0 Å². The number of rotatable bonds is 5. The topological polar surface area (TPSA) is 45.5 Å². The minimum Gasteiger partial charge on any atom is -0.493 e. The standard InChI is InChI=1S/C15H20N2O2/c1-18-14-6-5-12(10-15(14)19-2)7-9-17-8-3-4-13(17)11-16/h5-6,10,13H,3-4,7-9H2,1-2H3. The van der Waals surface area contributed by atoms with Crippen LogP contribution in [0.3, 0.4) is 0 Å². The van der Waals surface area contributed by atoms with E-state index in [9.17, 15) is 0 Å². The Morgan fingerprint density at radius 2 is 2.11 bits per heavy atom. The van der Waals surface area contributed by atoms with E-state index in [1.165, 1.54) is 5.56 Å². The van der Waals surface area contributed by atoms with Gasteiger partial charge in [-0.05, 0) is 43.5 Å². The molecule has 0 aromatic heterocycles. The summed E-state index contributed by atoms with van der Waals surface area (Å²) in [5.74, 6) is 1.51. The van der Waals surface area contributed by atoms with Gasteiger partial charge in [0.25, 0.3) is 0 Å². The third kappa shape index (κ3) is 3.18. The van der Waals surface area contributed by atoms with Gasteiger partial charge >= 0.3 is 0 Å². The van der Waals surface area contributed by atoms with E-state index < -0.39 is 0 Å². The van der Waals surface area contributed by atoms with E-state index in [-0.39, 0.29) is 6.04 Å². The van der Waals surface area contributed by atoms with Gasteiger partial charge in [0.05, 0.1) is 26.3 Å². The fourth-order valence-electron chi connectivity index (χ4n) is 2.55. The number of nitrogens with zero attached hydrogens (tertiary/aromatic N) is 2. The Bertz CT molecular complexity index is 468. The first-order valence-corrected chi connectivity index (χ1v) is 6.63. The van der Waals surface area contributed by atoms with E-state index in [0.29, 0.717) is 0 Å². The summed E-state index contributed by atoms with van der Waals surface area (Å²) in [4.78, 5) is 2.26. The van der Waals surface area contributed by atoms with Crippen LogP contribution in [0.5, 0.6) is 11.5 Å². The van der Waals surface area contributed by atoms with Gasteiger partial charge in [-0.15, -0.1) is 0 Å². The second-order valence-corrected chi connectivity index (χ2v) is 4.76. The highest BCUT2D eigenvalue weighted by atomic mass is 16.5. The molecule has 0 radical (unpaired) electrons. The number of benzene rings is 1. The van der Waals surface area contributed by atoms with Gasteiger partial charge in [0, 0.05) is 6.54 Å². The molecule has 2 rings (SSSR count). The highest BCUT2D eigenvalue weighted by Gasteiger charge is 2.23. The van der Waals surface area contributed by atoms with E-state index in [1.807, 2.05) is 12.1 Å². The summed E-state index contributed by atoms with van der Waals surface area (Å²) < 4.78 is 10.5. The summed E-state index contributed by atoms with van der Waals surface area (Å²) in [6.07, 6.45) is 3.06. The highest BCUT2D eigenvalue weighted by molar-refractivity contribution is 5.42. The van der Waals surface area contributed by atoms with Gasteiger partial charge in [0.15, 0.2) is 11.5 Å². The van der Waals surface area contributed by atoms with Crippen LogP contribution in [0.15, 0.2) is 18.2 Å².